The number of aliphatic hydroxyl groups is 4. The lowest BCUT2D eigenvalue weighted by atomic mass is 9.54. The van der Waals surface area contributed by atoms with E-state index in [1.807, 2.05) is 6.92 Å². The number of ketones is 2. The zero-order chi connectivity index (χ0) is 29.3. The third kappa shape index (κ3) is 3.76. The number of phenolic OH excluding ortho intramolecular Hbond substituents is 1. The van der Waals surface area contributed by atoms with E-state index in [1.54, 1.807) is 19.1 Å². The number of nitrogens with zero attached hydrogens (tertiary/aromatic N) is 1. The Morgan fingerprint density at radius 3 is 2.35 bits per heavy atom. The number of rotatable bonds is 4. The van der Waals surface area contributed by atoms with Gasteiger partial charge in [0.25, 0.3) is 5.91 Å². The molecule has 0 radical (unpaired) electrons. The molecule has 0 saturated heterocycles. The van der Waals surface area contributed by atoms with Crippen LogP contribution in [0.5, 0.6) is 5.75 Å². The number of benzene rings is 1. The summed E-state index contributed by atoms with van der Waals surface area (Å²) in [7, 11) is 3.07. The largest absolute Gasteiger partial charge is 0.508 e. The summed E-state index contributed by atoms with van der Waals surface area (Å²) < 4.78 is 0. The lowest BCUT2D eigenvalue weighted by Gasteiger charge is -2.54. The van der Waals surface area contributed by atoms with E-state index >= 15 is 0 Å². The quantitative estimate of drug-likeness (QED) is 0.306. The van der Waals surface area contributed by atoms with Gasteiger partial charge in [0.2, 0.25) is 5.78 Å². The number of amides is 1. The Morgan fingerprint density at radius 1 is 1.10 bits per heavy atom. The van der Waals surface area contributed by atoms with Gasteiger partial charge in [-0.3, -0.25) is 19.3 Å². The Morgan fingerprint density at radius 2 is 1.75 bits per heavy atom. The molecule has 6 N–H and O–H groups in total. The van der Waals surface area contributed by atoms with Crippen molar-refractivity contribution in [1.82, 2.24) is 10.2 Å². The molecule has 5 rings (SSSR count). The van der Waals surface area contributed by atoms with Crippen LogP contribution >= 0.6 is 0 Å². The molecule has 2 saturated carbocycles. The summed E-state index contributed by atoms with van der Waals surface area (Å²) in [4.78, 5) is 43.2. The van der Waals surface area contributed by atoms with Crippen molar-refractivity contribution < 1.29 is 39.9 Å². The second kappa shape index (κ2) is 9.71. The fourth-order valence-electron chi connectivity index (χ4n) is 7.66. The number of aromatic hydroxyl groups is 1. The van der Waals surface area contributed by atoms with Crippen LogP contribution in [0.3, 0.4) is 0 Å². The van der Waals surface area contributed by atoms with Crippen LogP contribution in [-0.4, -0.2) is 85.3 Å². The zero-order valence-corrected chi connectivity index (χ0v) is 23.3. The average molecular weight is 555 g/mol. The first-order valence-electron chi connectivity index (χ1n) is 14.0. The molecule has 0 aliphatic heterocycles. The molecule has 1 amide bonds. The van der Waals surface area contributed by atoms with Crippen molar-refractivity contribution in [3.63, 3.8) is 0 Å². The Hall–Kier alpha value is -3.21. The molecule has 4 aliphatic carbocycles. The van der Waals surface area contributed by atoms with Crippen LogP contribution < -0.4 is 5.32 Å². The molecular formula is C30H38N2O8. The van der Waals surface area contributed by atoms with E-state index in [2.05, 4.69) is 5.32 Å². The molecular weight excluding hydrogens is 516 g/mol. The van der Waals surface area contributed by atoms with Crippen molar-refractivity contribution in [2.75, 3.05) is 14.1 Å². The normalized spacial score (nSPS) is 33.4. The minimum atomic E-state index is -2.87. The van der Waals surface area contributed by atoms with Gasteiger partial charge in [0.1, 0.15) is 22.8 Å². The van der Waals surface area contributed by atoms with Crippen molar-refractivity contribution >= 4 is 23.2 Å². The van der Waals surface area contributed by atoms with E-state index in [9.17, 15) is 39.9 Å². The summed E-state index contributed by atoms with van der Waals surface area (Å²) in [6.45, 7) is 3.65. The lowest BCUT2D eigenvalue weighted by Crippen LogP contribution is -2.70. The van der Waals surface area contributed by atoms with Gasteiger partial charge in [-0.05, 0) is 50.9 Å². The van der Waals surface area contributed by atoms with Crippen LogP contribution in [0, 0.1) is 11.8 Å². The maximum Gasteiger partial charge on any atom is 0.258 e. The van der Waals surface area contributed by atoms with E-state index in [0.717, 1.165) is 19.3 Å². The molecule has 1 aromatic carbocycles. The van der Waals surface area contributed by atoms with Crippen LogP contribution in [0.1, 0.15) is 69.4 Å². The lowest BCUT2D eigenvalue weighted by molar-refractivity contribution is -0.169. The Labute approximate surface area is 233 Å². The highest BCUT2D eigenvalue weighted by atomic mass is 16.4. The Kier molecular flexibility index (Phi) is 6.88. The van der Waals surface area contributed by atoms with Crippen molar-refractivity contribution in [3.8, 4) is 5.75 Å². The van der Waals surface area contributed by atoms with Crippen LogP contribution in [-0.2, 0) is 14.4 Å². The summed E-state index contributed by atoms with van der Waals surface area (Å²) in [5, 5.41) is 60.0. The highest BCUT2D eigenvalue weighted by molar-refractivity contribution is 6.25. The molecule has 2 fully saturated rings. The topological polar surface area (TPSA) is 168 Å². The molecule has 0 spiro atoms. The summed E-state index contributed by atoms with van der Waals surface area (Å²) in [5.74, 6) is -8.00. The van der Waals surface area contributed by atoms with Crippen molar-refractivity contribution in [2.45, 2.75) is 81.6 Å². The second-order valence-electron chi connectivity index (χ2n) is 12.1. The van der Waals surface area contributed by atoms with Crippen LogP contribution in [0.15, 0.2) is 35.1 Å². The predicted octanol–water partition coefficient (Wildman–Crippen LogP) is 2.24. The molecule has 6 atom stereocenters. The molecule has 1 aromatic rings. The monoisotopic (exact) mass is 554 g/mol. The number of carbonyl (C=O) groups is 3. The number of hydrogen-bond acceptors (Lipinski definition) is 9. The number of phenols is 1. The van der Waals surface area contributed by atoms with Gasteiger partial charge in [-0.15, -0.1) is 0 Å². The van der Waals surface area contributed by atoms with E-state index in [0.29, 0.717) is 24.8 Å². The van der Waals surface area contributed by atoms with Gasteiger partial charge < -0.3 is 30.8 Å². The summed E-state index contributed by atoms with van der Waals surface area (Å²) in [6.07, 6.45) is 3.24. The Bertz CT molecular complexity index is 1340. The fraction of sp³-hybridized carbons (Fsp3) is 0.567. The van der Waals surface area contributed by atoms with Gasteiger partial charge in [0.15, 0.2) is 11.4 Å². The highest BCUT2D eigenvalue weighted by Crippen LogP contribution is 2.56. The zero-order valence-electron chi connectivity index (χ0n) is 23.3. The average Bonchev–Trinajstić information content (AvgIpc) is 2.91. The first kappa shape index (κ1) is 28.3. The number of hydrogen-bond donors (Lipinski definition) is 6. The van der Waals surface area contributed by atoms with Crippen molar-refractivity contribution in [3.05, 3.63) is 46.2 Å². The highest BCUT2D eigenvalue weighted by Gasteiger charge is 2.68. The first-order valence-corrected chi connectivity index (χ1v) is 14.0. The van der Waals surface area contributed by atoms with E-state index in [1.165, 1.54) is 25.1 Å². The molecule has 0 aromatic heterocycles. The van der Waals surface area contributed by atoms with Gasteiger partial charge >= 0.3 is 0 Å². The number of carbonyl (C=O) groups excluding carboxylic acids is 3. The van der Waals surface area contributed by atoms with E-state index in [4.69, 9.17) is 0 Å². The standard InChI is InChI=1S/C30H38N2O8/c1-5-29(12-7-6-8-13-29)31-28(39)20-25(36)22(32(3)4)21-24(35)17-14(2)15-10-9-11-16(33)18(15)23(34)19(17)26(37)30(21,40)27(20)38/h9-11,14,17,21-22,24,33-35,38,40H,5-8,12-13H2,1-4H3,(H,31,39)/t14-,17+,21+,22-,24-,30-/m0/s1. The van der Waals surface area contributed by atoms with Gasteiger partial charge in [0, 0.05) is 17.0 Å². The van der Waals surface area contributed by atoms with Crippen molar-refractivity contribution in [1.29, 1.82) is 0 Å². The SMILES string of the molecule is CCC1(NC(=O)C2=C(O)[C@@]3(O)C(=O)C4=C(O)c5c(O)cccc5[C@H](C)[C@H]4[C@H](O)[C@H]3[C@H](N(C)C)C2=O)CCCCC1. The number of aliphatic hydroxyl groups excluding tert-OH is 3. The molecule has 0 unspecified atom stereocenters. The van der Waals surface area contributed by atoms with Crippen LogP contribution in [0.2, 0.25) is 0 Å². The third-order valence-corrected chi connectivity index (χ3v) is 9.84. The molecule has 216 valence electrons. The summed E-state index contributed by atoms with van der Waals surface area (Å²) >= 11 is 0. The first-order chi connectivity index (χ1) is 18.8. The number of fused-ring (bicyclic) bond motifs is 3. The minimum Gasteiger partial charge on any atom is -0.508 e. The maximum absolute atomic E-state index is 14.2. The van der Waals surface area contributed by atoms with Gasteiger partial charge in [-0.25, -0.2) is 0 Å². The molecule has 40 heavy (non-hydrogen) atoms. The summed E-state index contributed by atoms with van der Waals surface area (Å²) in [6, 6.07) is 3.26. The summed E-state index contributed by atoms with van der Waals surface area (Å²) in [5.41, 5.74) is -4.04. The molecule has 10 nitrogen and oxygen atoms in total. The van der Waals surface area contributed by atoms with Gasteiger partial charge in [-0.1, -0.05) is 45.2 Å². The smallest absolute Gasteiger partial charge is 0.258 e. The predicted molar refractivity (Wildman–Crippen MR) is 145 cm³/mol. The number of Topliss-reactive ketones (excluding diaryl/α,β-unsaturated/α-hetero) is 2. The minimum absolute atomic E-state index is 0.00326. The number of likely N-dealkylation sites (N-methyl/N-ethyl adjacent to an activating group) is 1. The van der Waals surface area contributed by atoms with E-state index < -0.39 is 75.6 Å². The second-order valence-corrected chi connectivity index (χ2v) is 12.1. The number of nitrogens with one attached hydrogen (secondary N) is 1. The van der Waals surface area contributed by atoms with Gasteiger partial charge in [0.05, 0.1) is 23.6 Å². The molecule has 0 bridgehead atoms. The molecule has 4 aliphatic rings. The van der Waals surface area contributed by atoms with Gasteiger partial charge in [-0.2, -0.15) is 0 Å². The maximum atomic E-state index is 14.2. The Balaban J connectivity index is 1.70. The van der Waals surface area contributed by atoms with E-state index in [-0.39, 0.29) is 16.9 Å². The fourth-order valence-corrected chi connectivity index (χ4v) is 7.66. The van der Waals surface area contributed by atoms with Crippen LogP contribution in [0.25, 0.3) is 5.76 Å². The molecule has 0 heterocycles. The third-order valence-electron chi connectivity index (χ3n) is 9.84. The van der Waals surface area contributed by atoms with Crippen LogP contribution in [0.4, 0.5) is 0 Å². The van der Waals surface area contributed by atoms with Crippen molar-refractivity contribution in [2.24, 2.45) is 11.8 Å². The molecule has 10 heteroatoms.